The number of halogens is 1. The molecular formula is C11H13FN2O3. The lowest BCUT2D eigenvalue weighted by Gasteiger charge is -2.23. The van der Waals surface area contributed by atoms with Crippen molar-refractivity contribution in [1.82, 2.24) is 5.32 Å². The van der Waals surface area contributed by atoms with Gasteiger partial charge in [-0.05, 0) is 31.5 Å². The number of ether oxygens (including phenoxy) is 1. The van der Waals surface area contributed by atoms with E-state index in [0.29, 0.717) is 6.54 Å². The second-order valence-electron chi connectivity index (χ2n) is 3.96. The first-order chi connectivity index (χ1) is 8.16. The molecule has 0 unspecified atom stereocenters. The number of nitrogens with one attached hydrogen (secondary N) is 1. The van der Waals surface area contributed by atoms with Crippen LogP contribution < -0.4 is 10.1 Å². The summed E-state index contributed by atoms with van der Waals surface area (Å²) in [5, 5.41) is 13.9. The number of rotatable bonds is 3. The summed E-state index contributed by atoms with van der Waals surface area (Å²) in [5.41, 5.74) is -0.324. The molecule has 1 fully saturated rings. The molecule has 1 heterocycles. The molecule has 1 atom stereocenters. The summed E-state index contributed by atoms with van der Waals surface area (Å²) in [5.74, 6) is -0.504. The topological polar surface area (TPSA) is 64.4 Å². The Labute approximate surface area is 97.7 Å². The van der Waals surface area contributed by atoms with Gasteiger partial charge < -0.3 is 10.1 Å². The van der Waals surface area contributed by atoms with E-state index in [1.165, 1.54) is 12.1 Å². The van der Waals surface area contributed by atoms with Crippen LogP contribution in [0.5, 0.6) is 5.75 Å². The third-order valence-electron chi connectivity index (χ3n) is 2.66. The molecule has 1 aromatic rings. The maximum atomic E-state index is 12.9. The van der Waals surface area contributed by atoms with Crippen molar-refractivity contribution >= 4 is 5.69 Å². The molecule has 0 aromatic heterocycles. The normalized spacial score (nSPS) is 19.9. The van der Waals surface area contributed by atoms with Gasteiger partial charge in [-0.2, -0.15) is 0 Å². The molecule has 17 heavy (non-hydrogen) atoms. The van der Waals surface area contributed by atoms with Crippen LogP contribution in [0.1, 0.15) is 12.8 Å². The highest BCUT2D eigenvalue weighted by Crippen LogP contribution is 2.29. The van der Waals surface area contributed by atoms with Gasteiger partial charge in [0, 0.05) is 6.54 Å². The first kappa shape index (κ1) is 11.8. The summed E-state index contributed by atoms with van der Waals surface area (Å²) < 4.78 is 18.4. The number of benzene rings is 1. The third-order valence-corrected chi connectivity index (χ3v) is 2.66. The first-order valence-electron chi connectivity index (χ1n) is 5.48. The summed E-state index contributed by atoms with van der Waals surface area (Å²) in [6.07, 6.45) is 1.73. The van der Waals surface area contributed by atoms with Crippen molar-refractivity contribution in [1.29, 1.82) is 0 Å². The molecule has 1 aliphatic heterocycles. The van der Waals surface area contributed by atoms with E-state index in [-0.39, 0.29) is 17.5 Å². The summed E-state index contributed by atoms with van der Waals surface area (Å²) in [7, 11) is 0. The smallest absolute Gasteiger partial charge is 0.313 e. The summed E-state index contributed by atoms with van der Waals surface area (Å²) in [6, 6.07) is 3.35. The van der Waals surface area contributed by atoms with Crippen molar-refractivity contribution in [3.8, 4) is 5.75 Å². The molecular weight excluding hydrogens is 227 g/mol. The lowest BCUT2D eigenvalue weighted by atomic mass is 10.1. The van der Waals surface area contributed by atoms with E-state index >= 15 is 0 Å². The van der Waals surface area contributed by atoms with Crippen LogP contribution in [-0.4, -0.2) is 24.1 Å². The highest BCUT2D eigenvalue weighted by atomic mass is 19.1. The Morgan fingerprint density at radius 2 is 2.35 bits per heavy atom. The molecule has 2 rings (SSSR count). The predicted octanol–water partition coefficient (Wildman–Crippen LogP) is 1.86. The van der Waals surface area contributed by atoms with Crippen LogP contribution in [0.2, 0.25) is 0 Å². The van der Waals surface area contributed by atoms with Gasteiger partial charge in [-0.25, -0.2) is 4.39 Å². The number of nitro benzene ring substituents is 1. The van der Waals surface area contributed by atoms with Crippen LogP contribution in [0.25, 0.3) is 0 Å². The van der Waals surface area contributed by atoms with Crippen molar-refractivity contribution in [3.63, 3.8) is 0 Å². The van der Waals surface area contributed by atoms with E-state index in [0.717, 1.165) is 25.5 Å². The van der Waals surface area contributed by atoms with Gasteiger partial charge in [-0.3, -0.25) is 10.1 Å². The van der Waals surface area contributed by atoms with Gasteiger partial charge in [-0.15, -0.1) is 0 Å². The van der Waals surface area contributed by atoms with Gasteiger partial charge in [0.2, 0.25) is 0 Å². The summed E-state index contributed by atoms with van der Waals surface area (Å²) >= 11 is 0. The first-order valence-corrected chi connectivity index (χ1v) is 5.48. The van der Waals surface area contributed by atoms with Crippen molar-refractivity contribution in [2.24, 2.45) is 0 Å². The average molecular weight is 240 g/mol. The number of hydrogen-bond acceptors (Lipinski definition) is 4. The molecule has 92 valence electrons. The van der Waals surface area contributed by atoms with E-state index < -0.39 is 10.7 Å². The summed E-state index contributed by atoms with van der Waals surface area (Å²) in [6.45, 7) is 1.60. The predicted molar refractivity (Wildman–Crippen MR) is 59.6 cm³/mol. The van der Waals surface area contributed by atoms with Crippen LogP contribution in [-0.2, 0) is 0 Å². The lowest BCUT2D eigenvalue weighted by Crippen LogP contribution is -2.37. The zero-order valence-electron chi connectivity index (χ0n) is 9.19. The minimum atomic E-state index is -0.634. The fourth-order valence-corrected chi connectivity index (χ4v) is 1.83. The minimum Gasteiger partial charge on any atom is -0.482 e. The molecule has 1 saturated heterocycles. The molecule has 0 amide bonds. The van der Waals surface area contributed by atoms with Gasteiger partial charge in [0.15, 0.2) is 5.75 Å². The molecule has 1 aliphatic rings. The standard InChI is InChI=1S/C11H13FN2O3/c12-8-3-4-11(10(6-8)14(15)16)17-9-2-1-5-13-7-9/h3-4,6,9,13H,1-2,5,7H2/t9-/m0/s1. The largest absolute Gasteiger partial charge is 0.482 e. The number of hydrogen-bond donors (Lipinski definition) is 1. The van der Waals surface area contributed by atoms with Gasteiger partial charge in [-0.1, -0.05) is 0 Å². The van der Waals surface area contributed by atoms with Gasteiger partial charge in [0.1, 0.15) is 11.9 Å². The van der Waals surface area contributed by atoms with E-state index in [4.69, 9.17) is 4.74 Å². The molecule has 1 N–H and O–H groups in total. The molecule has 5 nitrogen and oxygen atoms in total. The Morgan fingerprint density at radius 1 is 1.53 bits per heavy atom. The van der Waals surface area contributed by atoms with Crippen LogP contribution in [0.15, 0.2) is 18.2 Å². The second kappa shape index (κ2) is 5.09. The Morgan fingerprint density at radius 3 is 3.00 bits per heavy atom. The molecule has 1 aromatic carbocycles. The van der Waals surface area contributed by atoms with Crippen LogP contribution in [0, 0.1) is 15.9 Å². The minimum absolute atomic E-state index is 0.0899. The Bertz CT molecular complexity index is 419. The fraction of sp³-hybridized carbons (Fsp3) is 0.455. The number of piperidine rings is 1. The van der Waals surface area contributed by atoms with Gasteiger partial charge in [0.25, 0.3) is 0 Å². The van der Waals surface area contributed by atoms with Crippen LogP contribution in [0.4, 0.5) is 10.1 Å². The van der Waals surface area contributed by atoms with E-state index in [1.807, 2.05) is 0 Å². The molecule has 0 bridgehead atoms. The van der Waals surface area contributed by atoms with E-state index in [2.05, 4.69) is 5.32 Å². The molecule has 6 heteroatoms. The van der Waals surface area contributed by atoms with Crippen molar-refractivity contribution in [2.75, 3.05) is 13.1 Å². The third kappa shape index (κ3) is 2.91. The van der Waals surface area contributed by atoms with E-state index in [9.17, 15) is 14.5 Å². The molecule has 0 spiro atoms. The molecule has 0 aliphatic carbocycles. The van der Waals surface area contributed by atoms with Gasteiger partial charge in [0.05, 0.1) is 11.0 Å². The van der Waals surface area contributed by atoms with Crippen molar-refractivity contribution in [2.45, 2.75) is 18.9 Å². The average Bonchev–Trinajstić information content (AvgIpc) is 2.32. The van der Waals surface area contributed by atoms with Crippen LogP contribution >= 0.6 is 0 Å². The van der Waals surface area contributed by atoms with Crippen molar-refractivity contribution < 1.29 is 14.1 Å². The Kier molecular flexibility index (Phi) is 3.53. The fourth-order valence-electron chi connectivity index (χ4n) is 1.83. The Hall–Kier alpha value is -1.69. The second-order valence-corrected chi connectivity index (χ2v) is 3.96. The van der Waals surface area contributed by atoms with Gasteiger partial charge >= 0.3 is 5.69 Å². The van der Waals surface area contributed by atoms with Crippen molar-refractivity contribution in [3.05, 3.63) is 34.1 Å². The maximum absolute atomic E-state index is 12.9. The highest BCUT2D eigenvalue weighted by Gasteiger charge is 2.21. The number of nitrogens with zero attached hydrogens (tertiary/aromatic N) is 1. The van der Waals surface area contributed by atoms with E-state index in [1.54, 1.807) is 0 Å². The maximum Gasteiger partial charge on any atom is 0.313 e. The lowest BCUT2D eigenvalue weighted by molar-refractivity contribution is -0.386. The monoisotopic (exact) mass is 240 g/mol. The Balaban J connectivity index is 2.16. The number of nitro groups is 1. The highest BCUT2D eigenvalue weighted by molar-refractivity contribution is 5.46. The zero-order valence-corrected chi connectivity index (χ0v) is 9.19. The molecule has 0 saturated carbocycles. The SMILES string of the molecule is O=[N+]([O-])c1cc(F)ccc1O[C@H]1CCCNC1. The summed E-state index contributed by atoms with van der Waals surface area (Å²) in [4.78, 5) is 10.1. The zero-order chi connectivity index (χ0) is 12.3. The quantitative estimate of drug-likeness (QED) is 0.647. The van der Waals surface area contributed by atoms with Crippen LogP contribution in [0.3, 0.4) is 0 Å². The molecule has 0 radical (unpaired) electrons.